The molecule has 0 unspecified atom stereocenters. The van der Waals surface area contributed by atoms with E-state index in [0.29, 0.717) is 11.8 Å². The molecule has 0 saturated heterocycles. The van der Waals surface area contributed by atoms with E-state index in [-0.39, 0.29) is 0 Å². The van der Waals surface area contributed by atoms with Crippen LogP contribution in [0.1, 0.15) is 86.8 Å². The van der Waals surface area contributed by atoms with Gasteiger partial charge in [0.2, 0.25) is 0 Å². The second-order valence-electron chi connectivity index (χ2n) is 7.27. The van der Waals surface area contributed by atoms with Gasteiger partial charge in [0.1, 0.15) is 0 Å². The summed E-state index contributed by atoms with van der Waals surface area (Å²) in [6, 6.07) is 10.1. The highest BCUT2D eigenvalue weighted by molar-refractivity contribution is 5.57. The van der Waals surface area contributed by atoms with Crippen molar-refractivity contribution in [2.24, 2.45) is 5.92 Å². The van der Waals surface area contributed by atoms with Gasteiger partial charge in [0.25, 0.3) is 0 Å². The van der Waals surface area contributed by atoms with Crippen LogP contribution in [-0.4, -0.2) is 9.97 Å². The van der Waals surface area contributed by atoms with Gasteiger partial charge in [-0.3, -0.25) is 9.97 Å². The largest absolute Gasteiger partial charge is 0.257 e. The molecule has 0 amide bonds. The first-order valence-electron chi connectivity index (χ1n) is 11.2. The molecule has 160 valence electrons. The van der Waals surface area contributed by atoms with E-state index in [2.05, 4.69) is 70.6 Å². The molecule has 2 rings (SSSR count). The van der Waals surface area contributed by atoms with Crippen LogP contribution in [0.25, 0.3) is 11.3 Å². The van der Waals surface area contributed by atoms with E-state index < -0.39 is 0 Å². The lowest BCUT2D eigenvalue weighted by Gasteiger charge is -2.12. The van der Waals surface area contributed by atoms with Gasteiger partial charge in [-0.2, -0.15) is 0 Å². The summed E-state index contributed by atoms with van der Waals surface area (Å²) in [5.41, 5.74) is 6.21. The van der Waals surface area contributed by atoms with E-state index in [4.69, 9.17) is 0 Å². The van der Waals surface area contributed by atoms with Crippen LogP contribution in [-0.2, 0) is 0 Å². The predicted molar refractivity (Wildman–Crippen MR) is 130 cm³/mol. The Morgan fingerprint density at radius 2 is 1.48 bits per heavy atom. The van der Waals surface area contributed by atoms with Gasteiger partial charge in [0.15, 0.2) is 0 Å². The normalized spacial score (nSPS) is 10.3. The van der Waals surface area contributed by atoms with Crippen molar-refractivity contribution in [3.63, 3.8) is 0 Å². The third-order valence-electron chi connectivity index (χ3n) is 4.56. The number of rotatable bonds is 6. The first-order valence-corrected chi connectivity index (χ1v) is 11.2. The van der Waals surface area contributed by atoms with Crippen LogP contribution < -0.4 is 0 Å². The molecule has 0 fully saturated rings. The maximum atomic E-state index is 4.41. The lowest BCUT2D eigenvalue weighted by molar-refractivity contribution is 0.758. The Morgan fingerprint density at radius 3 is 1.86 bits per heavy atom. The van der Waals surface area contributed by atoms with Crippen LogP contribution in [0.3, 0.4) is 0 Å². The molecule has 0 atom stereocenters. The van der Waals surface area contributed by atoms with Crippen LogP contribution in [0.2, 0.25) is 0 Å². The summed E-state index contributed by atoms with van der Waals surface area (Å²) in [5.74, 6) is 1.10. The van der Waals surface area contributed by atoms with Gasteiger partial charge in [-0.1, -0.05) is 103 Å². The van der Waals surface area contributed by atoms with Gasteiger partial charge >= 0.3 is 0 Å². The van der Waals surface area contributed by atoms with E-state index in [0.717, 1.165) is 17.0 Å². The molecule has 0 aliphatic rings. The highest BCUT2D eigenvalue weighted by Crippen LogP contribution is 2.21. The summed E-state index contributed by atoms with van der Waals surface area (Å²) in [6.07, 6.45) is 10.5. The Kier molecular flexibility index (Phi) is 14.5. The zero-order valence-electron chi connectivity index (χ0n) is 20.2. The van der Waals surface area contributed by atoms with Gasteiger partial charge in [0, 0.05) is 11.8 Å². The molecular weight excluding hydrogens is 352 g/mol. The van der Waals surface area contributed by atoms with E-state index in [1.807, 2.05) is 56.6 Å². The lowest BCUT2D eigenvalue weighted by atomic mass is 9.94. The van der Waals surface area contributed by atoms with Crippen molar-refractivity contribution >= 4 is 0 Å². The molecule has 0 N–H and O–H groups in total. The lowest BCUT2D eigenvalue weighted by Crippen LogP contribution is -1.96. The second-order valence-corrected chi connectivity index (χ2v) is 7.27. The summed E-state index contributed by atoms with van der Waals surface area (Å²) in [4.78, 5) is 8.80. The van der Waals surface area contributed by atoms with Crippen molar-refractivity contribution in [3.05, 3.63) is 71.7 Å². The maximum Gasteiger partial charge on any atom is 0.0885 e. The molecule has 2 nitrogen and oxygen atoms in total. The van der Waals surface area contributed by atoms with Gasteiger partial charge in [-0.15, -0.1) is 0 Å². The molecule has 0 bridgehead atoms. The highest BCUT2D eigenvalue weighted by atomic mass is 14.8. The Bertz CT molecular complexity index is 702. The Balaban J connectivity index is 0.000000512. The molecule has 0 spiro atoms. The fourth-order valence-corrected chi connectivity index (χ4v) is 2.95. The Morgan fingerprint density at radius 1 is 0.897 bits per heavy atom. The number of aromatic nitrogens is 2. The van der Waals surface area contributed by atoms with Crippen LogP contribution in [0, 0.1) is 5.92 Å². The minimum absolute atomic E-state index is 0.433. The van der Waals surface area contributed by atoms with Crippen molar-refractivity contribution < 1.29 is 0 Å². The maximum absolute atomic E-state index is 4.41. The minimum atomic E-state index is 0.433. The van der Waals surface area contributed by atoms with Crippen LogP contribution >= 0.6 is 0 Å². The van der Waals surface area contributed by atoms with Crippen LogP contribution in [0.5, 0.6) is 0 Å². The topological polar surface area (TPSA) is 25.8 Å². The van der Waals surface area contributed by atoms with Gasteiger partial charge in [0.05, 0.1) is 17.6 Å². The highest BCUT2D eigenvalue weighted by Gasteiger charge is 2.04. The van der Waals surface area contributed by atoms with E-state index in [1.165, 1.54) is 18.4 Å². The summed E-state index contributed by atoms with van der Waals surface area (Å²) >= 11 is 0. The Labute approximate surface area is 180 Å². The standard InChI is InChI=1S/C13H14N2.C12H22.C2H6/c1-10(2)12-8-15-13(9-14-12)11-6-4-3-5-7-11;1-6-9-12(10(4)5)11(7-2)8-3;1-2/h3-10H,1-2H3;6,9-10H,7-8H2,1-5H3;1-2H3/b;9-6-;. The number of hydrogen-bond donors (Lipinski definition) is 0. The van der Waals surface area contributed by atoms with E-state index in [1.54, 1.807) is 5.57 Å². The summed E-state index contributed by atoms with van der Waals surface area (Å²) < 4.78 is 0. The SMILES string of the molecule is C/C=C\C(=C(CC)CC)C(C)C.CC.CC(C)c1cnc(-c2ccccc2)cn1. The zero-order valence-corrected chi connectivity index (χ0v) is 20.2. The Hall–Kier alpha value is -2.22. The number of nitrogens with zero attached hydrogens (tertiary/aromatic N) is 2. The zero-order chi connectivity index (χ0) is 22.2. The molecule has 1 heterocycles. The van der Waals surface area contributed by atoms with Crippen molar-refractivity contribution in [2.45, 2.75) is 81.1 Å². The number of hydrogen-bond acceptors (Lipinski definition) is 2. The minimum Gasteiger partial charge on any atom is -0.257 e. The molecule has 0 saturated carbocycles. The van der Waals surface area contributed by atoms with Gasteiger partial charge in [-0.05, 0) is 37.2 Å². The predicted octanol–water partition coefficient (Wildman–Crippen LogP) is 8.63. The third-order valence-corrected chi connectivity index (χ3v) is 4.56. The summed E-state index contributed by atoms with van der Waals surface area (Å²) in [5, 5.41) is 0. The quantitative estimate of drug-likeness (QED) is 0.458. The van der Waals surface area contributed by atoms with Gasteiger partial charge < -0.3 is 0 Å². The van der Waals surface area contributed by atoms with Crippen LogP contribution in [0.4, 0.5) is 0 Å². The number of benzene rings is 1. The van der Waals surface area contributed by atoms with Crippen molar-refractivity contribution in [2.75, 3.05) is 0 Å². The third kappa shape index (κ3) is 9.69. The molecule has 1 aromatic carbocycles. The average Bonchev–Trinajstić information content (AvgIpc) is 2.76. The van der Waals surface area contributed by atoms with Crippen molar-refractivity contribution in [3.8, 4) is 11.3 Å². The first-order chi connectivity index (χ1) is 13.9. The molecule has 0 radical (unpaired) electrons. The monoisotopic (exact) mass is 394 g/mol. The van der Waals surface area contributed by atoms with E-state index >= 15 is 0 Å². The van der Waals surface area contributed by atoms with Gasteiger partial charge in [-0.25, -0.2) is 0 Å². The fraction of sp³-hybridized carbons (Fsp3) is 0.481. The molecule has 2 heteroatoms. The second kappa shape index (κ2) is 15.7. The molecule has 0 aliphatic heterocycles. The molecule has 1 aromatic heterocycles. The smallest absolute Gasteiger partial charge is 0.0885 e. The van der Waals surface area contributed by atoms with Crippen molar-refractivity contribution in [1.29, 1.82) is 0 Å². The fourth-order valence-electron chi connectivity index (χ4n) is 2.95. The molecule has 2 aromatic rings. The summed E-state index contributed by atoms with van der Waals surface area (Å²) in [7, 11) is 0. The number of allylic oxidation sites excluding steroid dienone is 4. The van der Waals surface area contributed by atoms with E-state index in [9.17, 15) is 0 Å². The molecular formula is C27H42N2. The molecule has 0 aliphatic carbocycles. The molecule has 29 heavy (non-hydrogen) atoms. The van der Waals surface area contributed by atoms with Crippen molar-refractivity contribution in [1.82, 2.24) is 9.97 Å². The summed E-state index contributed by atoms with van der Waals surface area (Å²) in [6.45, 7) is 19.3. The first kappa shape index (κ1) is 26.8. The van der Waals surface area contributed by atoms with Crippen LogP contribution in [0.15, 0.2) is 66.0 Å². The average molecular weight is 395 g/mol.